The molecule has 5 rings (SSSR count). The van der Waals surface area contributed by atoms with E-state index in [2.05, 4.69) is 9.97 Å². The van der Waals surface area contributed by atoms with Crippen molar-refractivity contribution < 1.29 is 9.59 Å². The molecule has 1 aromatic heterocycles. The average Bonchev–Trinajstić information content (AvgIpc) is 2.90. The monoisotopic (exact) mass is 397 g/mol. The first-order chi connectivity index (χ1) is 13.0. The summed E-state index contributed by atoms with van der Waals surface area (Å²) in [6.07, 6.45) is 0.800. The quantitative estimate of drug-likeness (QED) is 0.585. The number of rotatable bonds is 1. The molecule has 1 aliphatic heterocycles. The third-order valence-corrected chi connectivity index (χ3v) is 5.99. The Kier molecular flexibility index (Phi) is 3.71. The van der Waals surface area contributed by atoms with Crippen LogP contribution in [0.1, 0.15) is 11.4 Å². The van der Waals surface area contributed by atoms with E-state index >= 15 is 0 Å². The highest BCUT2D eigenvalue weighted by Crippen LogP contribution is 2.39. The molecule has 0 unspecified atom stereocenters. The number of para-hydroxylation sites is 1. The minimum absolute atomic E-state index is 0.169. The number of hydrogen-bond donors (Lipinski definition) is 0. The molecule has 2 heterocycles. The normalized spacial score (nSPS) is 21.5. The number of amides is 2. The molecule has 1 saturated heterocycles. The fraction of sp³-hybridized carbons (Fsp3) is 0.200. The van der Waals surface area contributed by atoms with Gasteiger partial charge in [0.2, 0.25) is 11.8 Å². The molecule has 3 aromatic rings. The number of anilines is 1. The lowest BCUT2D eigenvalue weighted by molar-refractivity contribution is -0.122. The Labute approximate surface area is 164 Å². The Morgan fingerprint density at radius 2 is 1.30 bits per heavy atom. The van der Waals surface area contributed by atoms with Crippen LogP contribution >= 0.6 is 23.2 Å². The zero-order valence-electron chi connectivity index (χ0n) is 14.0. The van der Waals surface area contributed by atoms with Crippen LogP contribution in [0.4, 0.5) is 5.69 Å². The van der Waals surface area contributed by atoms with Crippen molar-refractivity contribution in [2.45, 2.75) is 12.8 Å². The molecule has 0 bridgehead atoms. The molecule has 7 heteroatoms. The number of imide groups is 1. The molecule has 0 spiro atoms. The molecule has 2 aliphatic rings. The van der Waals surface area contributed by atoms with Gasteiger partial charge >= 0.3 is 0 Å². The van der Waals surface area contributed by atoms with Gasteiger partial charge in [-0.3, -0.25) is 14.5 Å². The van der Waals surface area contributed by atoms with Gasteiger partial charge in [0.05, 0.1) is 50.0 Å². The molecule has 5 nitrogen and oxygen atoms in total. The van der Waals surface area contributed by atoms with Gasteiger partial charge in [-0.05, 0) is 24.3 Å². The molecule has 2 atom stereocenters. The highest BCUT2D eigenvalue weighted by atomic mass is 35.5. The smallest absolute Gasteiger partial charge is 0.238 e. The first-order valence-electron chi connectivity index (χ1n) is 8.60. The van der Waals surface area contributed by atoms with E-state index in [0.717, 1.165) is 11.4 Å². The van der Waals surface area contributed by atoms with Crippen molar-refractivity contribution in [1.29, 1.82) is 0 Å². The Bertz CT molecular complexity index is 1050. The highest BCUT2D eigenvalue weighted by molar-refractivity contribution is 6.42. The summed E-state index contributed by atoms with van der Waals surface area (Å²) in [6, 6.07) is 12.4. The van der Waals surface area contributed by atoms with Gasteiger partial charge in [0.1, 0.15) is 0 Å². The van der Waals surface area contributed by atoms with E-state index in [1.165, 1.54) is 4.90 Å². The van der Waals surface area contributed by atoms with Crippen LogP contribution in [0.5, 0.6) is 0 Å². The summed E-state index contributed by atoms with van der Waals surface area (Å²) in [5.74, 6) is -1.14. The van der Waals surface area contributed by atoms with Crippen LogP contribution in [-0.4, -0.2) is 21.8 Å². The highest BCUT2D eigenvalue weighted by Gasteiger charge is 2.50. The topological polar surface area (TPSA) is 63.2 Å². The Balaban J connectivity index is 1.56. The zero-order valence-corrected chi connectivity index (χ0v) is 15.5. The van der Waals surface area contributed by atoms with Crippen LogP contribution in [0.3, 0.4) is 0 Å². The molecule has 1 fully saturated rings. The van der Waals surface area contributed by atoms with E-state index in [0.29, 0.717) is 39.6 Å². The first kappa shape index (κ1) is 16.7. The van der Waals surface area contributed by atoms with Crippen molar-refractivity contribution >= 4 is 51.7 Å². The van der Waals surface area contributed by atoms with Crippen LogP contribution in [0.15, 0.2) is 42.5 Å². The summed E-state index contributed by atoms with van der Waals surface area (Å²) >= 11 is 12.2. The average molecular weight is 398 g/mol. The predicted octanol–water partition coefficient (Wildman–Crippen LogP) is 3.84. The lowest BCUT2D eigenvalue weighted by Crippen LogP contribution is -2.30. The molecule has 1 aliphatic carbocycles. The third kappa shape index (κ3) is 2.53. The van der Waals surface area contributed by atoms with E-state index in [4.69, 9.17) is 23.2 Å². The van der Waals surface area contributed by atoms with E-state index < -0.39 is 11.8 Å². The second-order valence-corrected chi connectivity index (χ2v) is 7.66. The second kappa shape index (κ2) is 6.01. The Morgan fingerprint density at radius 3 is 1.78 bits per heavy atom. The van der Waals surface area contributed by atoms with Crippen LogP contribution in [0.25, 0.3) is 11.0 Å². The minimum Gasteiger partial charge on any atom is -0.274 e. The summed E-state index contributed by atoms with van der Waals surface area (Å²) in [5, 5.41) is 0.823. The van der Waals surface area contributed by atoms with Crippen molar-refractivity contribution in [3.63, 3.8) is 0 Å². The number of benzene rings is 2. The molecule has 0 radical (unpaired) electrons. The van der Waals surface area contributed by atoms with Crippen LogP contribution in [0.2, 0.25) is 10.0 Å². The van der Waals surface area contributed by atoms with Gasteiger partial charge in [-0.25, -0.2) is 9.97 Å². The minimum atomic E-state index is -0.403. The Morgan fingerprint density at radius 1 is 0.815 bits per heavy atom. The van der Waals surface area contributed by atoms with Gasteiger partial charge in [-0.2, -0.15) is 0 Å². The molecule has 2 amide bonds. The van der Waals surface area contributed by atoms with Crippen LogP contribution in [0, 0.1) is 11.8 Å². The maximum absolute atomic E-state index is 12.9. The number of nitrogens with zero attached hydrogens (tertiary/aromatic N) is 3. The molecule has 0 saturated carbocycles. The lowest BCUT2D eigenvalue weighted by atomic mass is 9.81. The summed E-state index contributed by atoms with van der Waals surface area (Å²) in [5.41, 5.74) is 3.38. The SMILES string of the molecule is O=C1[C@H]2Cc3nc4cc(Cl)c(Cl)cc4nc3C[C@H]2C(=O)N1c1ccccc1. The van der Waals surface area contributed by atoms with Gasteiger partial charge in [0, 0.05) is 12.8 Å². The number of aromatic nitrogens is 2. The Hall–Kier alpha value is -2.50. The molecule has 27 heavy (non-hydrogen) atoms. The number of carbonyl (C=O) groups is 2. The van der Waals surface area contributed by atoms with Gasteiger partial charge < -0.3 is 0 Å². The molecular weight excluding hydrogens is 385 g/mol. The van der Waals surface area contributed by atoms with E-state index in [1.54, 1.807) is 24.3 Å². The number of fused-ring (bicyclic) bond motifs is 3. The van der Waals surface area contributed by atoms with Gasteiger partial charge in [-0.15, -0.1) is 0 Å². The molecule has 2 aromatic carbocycles. The van der Waals surface area contributed by atoms with E-state index in [-0.39, 0.29) is 11.8 Å². The van der Waals surface area contributed by atoms with Crippen molar-refractivity contribution in [2.75, 3.05) is 4.90 Å². The van der Waals surface area contributed by atoms with Gasteiger partial charge in [0.25, 0.3) is 0 Å². The summed E-state index contributed by atoms with van der Waals surface area (Å²) in [4.78, 5) is 36.5. The lowest BCUT2D eigenvalue weighted by Gasteiger charge is -2.22. The summed E-state index contributed by atoms with van der Waals surface area (Å²) in [7, 11) is 0. The number of halogens is 2. The van der Waals surface area contributed by atoms with Crippen molar-refractivity contribution in [1.82, 2.24) is 9.97 Å². The maximum atomic E-state index is 12.9. The summed E-state index contributed by atoms with van der Waals surface area (Å²) < 4.78 is 0. The fourth-order valence-electron chi connectivity index (χ4n) is 3.94. The zero-order chi connectivity index (χ0) is 18.7. The molecule has 134 valence electrons. The largest absolute Gasteiger partial charge is 0.274 e. The first-order valence-corrected chi connectivity index (χ1v) is 9.36. The fourth-order valence-corrected chi connectivity index (χ4v) is 4.26. The standard InChI is InChI=1S/C20H13Cl2N3O2/c21-13-8-17-18(9-14(13)22)24-16-7-12-11(6-15(16)23-17)19(26)25(20(12)27)10-4-2-1-3-5-10/h1-5,8-9,11-12H,6-7H2/t11-,12+. The number of carbonyl (C=O) groups excluding carboxylic acids is 2. The molecule has 0 N–H and O–H groups in total. The van der Waals surface area contributed by atoms with Gasteiger partial charge in [-0.1, -0.05) is 41.4 Å². The third-order valence-electron chi connectivity index (χ3n) is 5.26. The van der Waals surface area contributed by atoms with Gasteiger partial charge in [0.15, 0.2) is 0 Å². The van der Waals surface area contributed by atoms with Crippen molar-refractivity contribution in [2.24, 2.45) is 11.8 Å². The second-order valence-electron chi connectivity index (χ2n) is 6.84. The maximum Gasteiger partial charge on any atom is 0.238 e. The van der Waals surface area contributed by atoms with E-state index in [1.807, 2.05) is 18.2 Å². The van der Waals surface area contributed by atoms with Crippen molar-refractivity contribution in [3.8, 4) is 0 Å². The summed E-state index contributed by atoms with van der Waals surface area (Å²) in [6.45, 7) is 0. The van der Waals surface area contributed by atoms with Crippen LogP contribution in [-0.2, 0) is 22.4 Å². The van der Waals surface area contributed by atoms with Crippen LogP contribution < -0.4 is 4.90 Å². The predicted molar refractivity (Wildman–Crippen MR) is 103 cm³/mol. The van der Waals surface area contributed by atoms with E-state index in [9.17, 15) is 9.59 Å². The molecular formula is C20H13Cl2N3O2. The van der Waals surface area contributed by atoms with Crippen molar-refractivity contribution in [3.05, 3.63) is 63.9 Å². The number of hydrogen-bond acceptors (Lipinski definition) is 4.